The summed E-state index contributed by atoms with van der Waals surface area (Å²) >= 11 is 0. The zero-order valence-electron chi connectivity index (χ0n) is 36.1. The largest absolute Gasteiger partial charge is 0.415 e. The second-order valence-corrected chi connectivity index (χ2v) is 34.3. The van der Waals surface area contributed by atoms with E-state index in [1.165, 1.54) is 10.9 Å². The molecule has 1 saturated heterocycles. The predicted molar refractivity (Wildman–Crippen MR) is 227 cm³/mol. The van der Waals surface area contributed by atoms with Gasteiger partial charge in [-0.05, 0) is 91.8 Å². The average Bonchev–Trinajstić information content (AvgIpc) is 3.55. The molecule has 0 saturated carbocycles. The Hall–Kier alpha value is -1.95. The van der Waals surface area contributed by atoms with Gasteiger partial charge in [0.2, 0.25) is 0 Å². The van der Waals surface area contributed by atoms with Crippen LogP contribution in [-0.4, -0.2) is 94.3 Å². The average molecular weight is 791 g/mol. The van der Waals surface area contributed by atoms with E-state index in [1.807, 2.05) is 6.07 Å². The van der Waals surface area contributed by atoms with Crippen molar-refractivity contribution in [1.29, 1.82) is 0 Å². The number of nitrogens with one attached hydrogen (secondary N) is 1. The molecule has 1 aliphatic rings. The fourth-order valence-corrected chi connectivity index (χ4v) is 9.77. The quantitative estimate of drug-likeness (QED) is 0.0723. The molecule has 1 aromatic heterocycles. The molecule has 0 amide bonds. The van der Waals surface area contributed by atoms with E-state index in [0.29, 0.717) is 18.2 Å². The molecule has 1 fully saturated rings. The van der Waals surface area contributed by atoms with Crippen molar-refractivity contribution < 1.29 is 18.2 Å². The fraction of sp³-hybridized carbons (Fsp3) is 0.795. The number of nitrogens with zero attached hydrogens (tertiary/aromatic N) is 5. The summed E-state index contributed by atoms with van der Waals surface area (Å²) in [5, 5.41) is 23.1. The smallest absolute Gasteiger partial charge is 0.296 e. The second-order valence-electron chi connectivity index (χ2n) is 19.9. The number of unbranched alkanes of at least 4 members (excludes halogenated alkanes) is 3. The molecule has 11 nitrogen and oxygen atoms in total. The number of nitro groups is 1. The number of likely N-dealkylation sites (tertiary alicyclic amines) is 1. The number of hydrogen-bond donors (Lipinski definition) is 1. The molecule has 1 N–H and O–H groups in total. The summed E-state index contributed by atoms with van der Waals surface area (Å²) < 4.78 is 23.3. The molecule has 4 atom stereocenters. The number of nitro benzene ring substituents is 1. The van der Waals surface area contributed by atoms with E-state index in [2.05, 4.69) is 129 Å². The third kappa shape index (κ3) is 11.8. The first-order chi connectivity index (χ1) is 24.2. The summed E-state index contributed by atoms with van der Waals surface area (Å²) in [5.41, 5.74) is 1.12. The maximum absolute atomic E-state index is 11.8. The zero-order chi connectivity index (χ0) is 40.2. The molecular formula is C39H74N6O5Si3. The Balaban J connectivity index is 1.75. The first kappa shape index (κ1) is 45.4. The van der Waals surface area contributed by atoms with Crippen molar-refractivity contribution in [3.8, 4) is 5.69 Å². The number of piperidine rings is 1. The molecule has 0 bridgehead atoms. The van der Waals surface area contributed by atoms with Gasteiger partial charge in [0.15, 0.2) is 25.0 Å². The van der Waals surface area contributed by atoms with Crippen LogP contribution in [0.4, 0.5) is 11.4 Å². The number of benzene rings is 1. The lowest BCUT2D eigenvalue weighted by Crippen LogP contribution is -2.66. The van der Waals surface area contributed by atoms with Crippen LogP contribution in [0.2, 0.25) is 54.4 Å². The van der Waals surface area contributed by atoms with Crippen LogP contribution in [0.5, 0.6) is 0 Å². The summed E-state index contributed by atoms with van der Waals surface area (Å²) in [7, 11) is -6.28. The summed E-state index contributed by atoms with van der Waals surface area (Å²) in [5.74, 6) is 0.326. The number of anilines is 1. The molecule has 2 aromatic rings. The molecule has 53 heavy (non-hydrogen) atoms. The van der Waals surface area contributed by atoms with Crippen molar-refractivity contribution in [1.82, 2.24) is 19.9 Å². The molecule has 3 rings (SSSR count). The molecule has 14 heteroatoms. The van der Waals surface area contributed by atoms with Crippen molar-refractivity contribution in [2.75, 3.05) is 31.6 Å². The normalized spacial score (nSPS) is 21.2. The van der Waals surface area contributed by atoms with E-state index >= 15 is 0 Å². The van der Waals surface area contributed by atoms with Crippen LogP contribution < -0.4 is 5.32 Å². The molecule has 0 unspecified atom stereocenters. The molecule has 1 aliphatic heterocycles. The Morgan fingerprint density at radius 2 is 1.42 bits per heavy atom. The summed E-state index contributed by atoms with van der Waals surface area (Å²) in [6.07, 6.45) is 7.30. The van der Waals surface area contributed by atoms with E-state index in [0.717, 1.165) is 51.0 Å². The Morgan fingerprint density at radius 1 is 0.849 bits per heavy atom. The van der Waals surface area contributed by atoms with E-state index < -0.39 is 25.0 Å². The SMILES string of the molecule is C[C@H]1CN(CCCCCCNc2ccc(-n3ccnn3)c([N+](=O)[O-])c2)[C@H](CO[Si](C)(C)C(C)(C)C)[C@@H](O[Si](C)(C)C(C)(C)C)[C@@H]1O[Si](C)(C)C(C)(C)C. The van der Waals surface area contributed by atoms with Gasteiger partial charge in [-0.3, -0.25) is 15.0 Å². The van der Waals surface area contributed by atoms with E-state index in [-0.39, 0.29) is 44.0 Å². The highest BCUT2D eigenvalue weighted by Gasteiger charge is 2.52. The van der Waals surface area contributed by atoms with Crippen molar-refractivity contribution in [2.45, 2.75) is 168 Å². The Bertz CT molecular complexity index is 1470. The minimum Gasteiger partial charge on any atom is -0.415 e. The highest BCUT2D eigenvalue weighted by molar-refractivity contribution is 6.75. The van der Waals surface area contributed by atoms with Crippen LogP contribution >= 0.6 is 0 Å². The number of aromatic nitrogens is 3. The van der Waals surface area contributed by atoms with Crippen LogP contribution in [0.25, 0.3) is 5.69 Å². The number of rotatable bonds is 17. The van der Waals surface area contributed by atoms with E-state index in [4.69, 9.17) is 13.3 Å². The van der Waals surface area contributed by atoms with Gasteiger partial charge in [-0.2, -0.15) is 0 Å². The highest BCUT2D eigenvalue weighted by Crippen LogP contribution is 2.44. The molecule has 302 valence electrons. The molecule has 0 radical (unpaired) electrons. The van der Waals surface area contributed by atoms with Crippen LogP contribution in [0.3, 0.4) is 0 Å². The van der Waals surface area contributed by atoms with Crippen LogP contribution in [0.15, 0.2) is 30.6 Å². The van der Waals surface area contributed by atoms with Gasteiger partial charge in [0.25, 0.3) is 5.69 Å². The van der Waals surface area contributed by atoms with Gasteiger partial charge in [0.1, 0.15) is 5.69 Å². The van der Waals surface area contributed by atoms with Gasteiger partial charge in [-0.1, -0.05) is 87.3 Å². The Morgan fingerprint density at radius 3 is 1.94 bits per heavy atom. The first-order valence-corrected chi connectivity index (χ1v) is 28.5. The summed E-state index contributed by atoms with van der Waals surface area (Å²) in [6.45, 7) is 40.9. The first-order valence-electron chi connectivity index (χ1n) is 19.8. The standard InChI is InChI=1S/C39H74N6O5Si3/c1-30-28-43(25-20-18-17-19-23-40-31-21-22-32(33(27-31)45(46)47)44-26-24-41-42-44)34(29-48-51(11,12)37(2,3)4)36(50-53(15,16)39(8,9)10)35(30)49-52(13,14)38(5,6)7/h21-22,24,26-27,30,34-36,40H,17-20,23,25,28-29H2,1-16H3/t30-,34+,35+,36+/m0/s1. The van der Waals surface area contributed by atoms with Gasteiger partial charge >= 0.3 is 0 Å². The van der Waals surface area contributed by atoms with Crippen molar-refractivity contribution in [2.24, 2.45) is 5.92 Å². The Labute approximate surface area is 324 Å². The van der Waals surface area contributed by atoms with E-state index in [9.17, 15) is 10.1 Å². The van der Waals surface area contributed by atoms with Crippen LogP contribution in [0.1, 0.15) is 94.9 Å². The van der Waals surface area contributed by atoms with E-state index in [1.54, 1.807) is 18.3 Å². The summed E-state index contributed by atoms with van der Waals surface area (Å²) in [6, 6.07) is 5.26. The van der Waals surface area contributed by atoms with Crippen molar-refractivity contribution >= 4 is 36.3 Å². The molecule has 1 aromatic carbocycles. The lowest BCUT2D eigenvalue weighted by atomic mass is 9.88. The van der Waals surface area contributed by atoms with Gasteiger partial charge in [-0.15, -0.1) is 5.10 Å². The molecule has 0 aliphatic carbocycles. The maximum Gasteiger partial charge on any atom is 0.296 e. The second kappa shape index (κ2) is 17.5. The predicted octanol–water partition coefficient (Wildman–Crippen LogP) is 10.3. The monoisotopic (exact) mass is 791 g/mol. The van der Waals surface area contributed by atoms with Gasteiger partial charge in [0.05, 0.1) is 42.2 Å². The van der Waals surface area contributed by atoms with Crippen molar-refractivity contribution in [3.63, 3.8) is 0 Å². The van der Waals surface area contributed by atoms with Crippen molar-refractivity contribution in [3.05, 3.63) is 40.7 Å². The number of hydrogen-bond acceptors (Lipinski definition) is 9. The van der Waals surface area contributed by atoms with Gasteiger partial charge < -0.3 is 18.6 Å². The van der Waals surface area contributed by atoms with Crippen LogP contribution in [-0.2, 0) is 13.3 Å². The third-order valence-corrected chi connectivity index (χ3v) is 26.1. The Kier molecular flexibility index (Phi) is 15.0. The van der Waals surface area contributed by atoms with Crippen LogP contribution in [0, 0.1) is 16.0 Å². The maximum atomic E-state index is 11.8. The minimum absolute atomic E-state index is 0.00358. The minimum atomic E-state index is -2.16. The lowest BCUT2D eigenvalue weighted by Gasteiger charge is -2.54. The fourth-order valence-electron chi connectivity index (χ4n) is 6.03. The molecular weight excluding hydrogens is 717 g/mol. The highest BCUT2D eigenvalue weighted by atomic mass is 28.4. The summed E-state index contributed by atoms with van der Waals surface area (Å²) in [4.78, 5) is 14.1. The third-order valence-electron chi connectivity index (χ3n) is 12.7. The zero-order valence-corrected chi connectivity index (χ0v) is 39.1. The van der Waals surface area contributed by atoms with Gasteiger partial charge in [0, 0.05) is 24.8 Å². The topological polar surface area (TPSA) is 117 Å². The molecule has 2 heterocycles. The lowest BCUT2D eigenvalue weighted by molar-refractivity contribution is -0.384. The van der Waals surface area contributed by atoms with Gasteiger partial charge in [-0.25, -0.2) is 4.68 Å². The molecule has 0 spiro atoms.